The standard InChI is InChI=1S/C28H38O/c1-4-6-7-23-8-12-26(13-9-23)27-16-14-25(15-17-27)22(3)21-24-10-18-28(19-11-24)29-20-5-2/h4,8-9,12-17,22,24,28H,1,5-7,10-11,18-21H2,2-3H3/t22-,24?,28?/m1/s1. The van der Waals surface area contributed by atoms with Crippen LogP contribution in [0.1, 0.15) is 75.8 Å². The quantitative estimate of drug-likeness (QED) is 0.374. The van der Waals surface area contributed by atoms with Crippen LogP contribution >= 0.6 is 0 Å². The number of aryl methyl sites for hydroxylation is 1. The van der Waals surface area contributed by atoms with Gasteiger partial charge in [-0.1, -0.05) is 68.5 Å². The SMILES string of the molecule is C=CCCc1ccc(-c2ccc([C@H](C)CC3CCC(OCCC)CC3)cc2)cc1. The van der Waals surface area contributed by atoms with Crippen LogP contribution in [0.25, 0.3) is 11.1 Å². The second-order valence-corrected chi connectivity index (χ2v) is 8.80. The number of hydrogen-bond donors (Lipinski definition) is 0. The topological polar surface area (TPSA) is 9.23 Å². The highest BCUT2D eigenvalue weighted by atomic mass is 16.5. The molecular weight excluding hydrogens is 352 g/mol. The summed E-state index contributed by atoms with van der Waals surface area (Å²) in [4.78, 5) is 0. The third-order valence-corrected chi connectivity index (χ3v) is 6.44. The maximum Gasteiger partial charge on any atom is 0.0575 e. The molecule has 0 unspecified atom stereocenters. The summed E-state index contributed by atoms with van der Waals surface area (Å²) < 4.78 is 5.95. The second kappa shape index (κ2) is 11.4. The zero-order chi connectivity index (χ0) is 20.5. The van der Waals surface area contributed by atoms with Crippen molar-refractivity contribution in [2.75, 3.05) is 6.61 Å². The lowest BCUT2D eigenvalue weighted by atomic mass is 9.80. The molecule has 2 aromatic rings. The summed E-state index contributed by atoms with van der Waals surface area (Å²) in [5, 5.41) is 0. The van der Waals surface area contributed by atoms with E-state index in [1.807, 2.05) is 6.08 Å². The molecule has 1 saturated carbocycles. The van der Waals surface area contributed by atoms with Crippen molar-refractivity contribution < 1.29 is 4.74 Å². The molecule has 0 saturated heterocycles. The third kappa shape index (κ3) is 6.57. The molecule has 0 radical (unpaired) electrons. The van der Waals surface area contributed by atoms with E-state index in [4.69, 9.17) is 4.74 Å². The molecule has 0 amide bonds. The maximum absolute atomic E-state index is 5.95. The van der Waals surface area contributed by atoms with Gasteiger partial charge in [-0.05, 0) is 85.5 Å². The van der Waals surface area contributed by atoms with Crippen molar-refractivity contribution >= 4 is 0 Å². The minimum atomic E-state index is 0.518. The predicted octanol–water partition coefficient (Wildman–Crippen LogP) is 7.95. The lowest BCUT2D eigenvalue weighted by Gasteiger charge is -2.30. The molecule has 1 aliphatic rings. The van der Waals surface area contributed by atoms with Crippen LogP contribution in [0.3, 0.4) is 0 Å². The molecule has 156 valence electrons. The number of rotatable bonds is 10. The molecule has 0 aromatic heterocycles. The summed E-state index contributed by atoms with van der Waals surface area (Å²) >= 11 is 0. The van der Waals surface area contributed by atoms with Gasteiger partial charge in [0.05, 0.1) is 6.10 Å². The van der Waals surface area contributed by atoms with Gasteiger partial charge in [-0.15, -0.1) is 6.58 Å². The number of ether oxygens (including phenoxy) is 1. The molecule has 3 rings (SSSR count). The third-order valence-electron chi connectivity index (χ3n) is 6.44. The van der Waals surface area contributed by atoms with Crippen LogP contribution in [0.15, 0.2) is 61.2 Å². The Labute approximate surface area is 178 Å². The fourth-order valence-electron chi connectivity index (χ4n) is 4.59. The van der Waals surface area contributed by atoms with Gasteiger partial charge in [0.1, 0.15) is 0 Å². The number of benzene rings is 2. The van der Waals surface area contributed by atoms with Crippen molar-refractivity contribution in [3.63, 3.8) is 0 Å². The molecule has 0 heterocycles. The molecule has 1 fully saturated rings. The minimum Gasteiger partial charge on any atom is -0.378 e. The summed E-state index contributed by atoms with van der Waals surface area (Å²) in [7, 11) is 0. The normalized spacial score (nSPS) is 20.3. The fraction of sp³-hybridized carbons (Fsp3) is 0.500. The van der Waals surface area contributed by atoms with Gasteiger partial charge >= 0.3 is 0 Å². The fourth-order valence-corrected chi connectivity index (χ4v) is 4.59. The number of hydrogen-bond acceptors (Lipinski definition) is 1. The average Bonchev–Trinajstić information content (AvgIpc) is 2.77. The maximum atomic E-state index is 5.95. The van der Waals surface area contributed by atoms with E-state index in [0.717, 1.165) is 31.8 Å². The van der Waals surface area contributed by atoms with Gasteiger partial charge < -0.3 is 4.74 Å². The van der Waals surface area contributed by atoms with Gasteiger partial charge in [-0.25, -0.2) is 0 Å². The van der Waals surface area contributed by atoms with Gasteiger partial charge in [0.25, 0.3) is 0 Å². The smallest absolute Gasteiger partial charge is 0.0575 e. The second-order valence-electron chi connectivity index (χ2n) is 8.80. The Morgan fingerprint density at radius 3 is 2.17 bits per heavy atom. The minimum absolute atomic E-state index is 0.518. The van der Waals surface area contributed by atoms with E-state index in [0.29, 0.717) is 12.0 Å². The van der Waals surface area contributed by atoms with Crippen LogP contribution in [-0.4, -0.2) is 12.7 Å². The first kappa shape index (κ1) is 21.8. The first-order valence-corrected chi connectivity index (χ1v) is 11.6. The first-order valence-electron chi connectivity index (χ1n) is 11.6. The Hall–Kier alpha value is -1.86. The van der Waals surface area contributed by atoms with Gasteiger partial charge in [0.2, 0.25) is 0 Å². The van der Waals surface area contributed by atoms with E-state index in [-0.39, 0.29) is 0 Å². The monoisotopic (exact) mass is 390 g/mol. The van der Waals surface area contributed by atoms with Crippen LogP contribution in [-0.2, 0) is 11.2 Å². The van der Waals surface area contributed by atoms with E-state index < -0.39 is 0 Å². The van der Waals surface area contributed by atoms with E-state index in [9.17, 15) is 0 Å². The molecule has 1 nitrogen and oxygen atoms in total. The molecule has 1 atom stereocenters. The van der Waals surface area contributed by atoms with Crippen LogP contribution in [0, 0.1) is 5.92 Å². The predicted molar refractivity (Wildman–Crippen MR) is 125 cm³/mol. The van der Waals surface area contributed by atoms with Crippen LogP contribution < -0.4 is 0 Å². The van der Waals surface area contributed by atoms with Gasteiger partial charge in [0, 0.05) is 6.61 Å². The molecule has 0 N–H and O–H groups in total. The Kier molecular flexibility index (Phi) is 8.55. The summed E-state index contributed by atoms with van der Waals surface area (Å²) in [6, 6.07) is 18.2. The van der Waals surface area contributed by atoms with E-state index in [1.165, 1.54) is 54.4 Å². The lowest BCUT2D eigenvalue weighted by molar-refractivity contribution is 0.0171. The zero-order valence-corrected chi connectivity index (χ0v) is 18.4. The Bertz CT molecular complexity index is 720. The number of allylic oxidation sites excluding steroid dienone is 1. The van der Waals surface area contributed by atoms with Crippen LogP contribution in [0.5, 0.6) is 0 Å². The van der Waals surface area contributed by atoms with Crippen LogP contribution in [0.2, 0.25) is 0 Å². The lowest BCUT2D eigenvalue weighted by Crippen LogP contribution is -2.22. The molecule has 29 heavy (non-hydrogen) atoms. The molecule has 1 heteroatoms. The van der Waals surface area contributed by atoms with Gasteiger partial charge in [0.15, 0.2) is 0 Å². The van der Waals surface area contributed by atoms with Crippen molar-refractivity contribution in [3.8, 4) is 11.1 Å². The molecule has 0 aliphatic heterocycles. The highest BCUT2D eigenvalue weighted by molar-refractivity contribution is 5.64. The molecule has 1 aliphatic carbocycles. The summed E-state index contributed by atoms with van der Waals surface area (Å²) in [6.07, 6.45) is 12.2. The van der Waals surface area contributed by atoms with Crippen molar-refractivity contribution in [3.05, 3.63) is 72.3 Å². The largest absolute Gasteiger partial charge is 0.378 e. The van der Waals surface area contributed by atoms with E-state index in [1.54, 1.807) is 0 Å². The van der Waals surface area contributed by atoms with E-state index >= 15 is 0 Å². The summed E-state index contributed by atoms with van der Waals surface area (Å²) in [5.74, 6) is 1.48. The summed E-state index contributed by atoms with van der Waals surface area (Å²) in [5.41, 5.74) is 5.47. The highest BCUT2D eigenvalue weighted by Gasteiger charge is 2.23. The highest BCUT2D eigenvalue weighted by Crippen LogP contribution is 2.34. The van der Waals surface area contributed by atoms with E-state index in [2.05, 4.69) is 69.0 Å². The Morgan fingerprint density at radius 2 is 1.59 bits per heavy atom. The zero-order valence-electron chi connectivity index (χ0n) is 18.4. The van der Waals surface area contributed by atoms with Crippen molar-refractivity contribution in [2.24, 2.45) is 5.92 Å². The van der Waals surface area contributed by atoms with Crippen LogP contribution in [0.4, 0.5) is 0 Å². The summed E-state index contributed by atoms with van der Waals surface area (Å²) in [6.45, 7) is 9.32. The van der Waals surface area contributed by atoms with Gasteiger partial charge in [-0.3, -0.25) is 0 Å². The van der Waals surface area contributed by atoms with Crippen molar-refractivity contribution in [1.82, 2.24) is 0 Å². The Morgan fingerprint density at radius 1 is 0.966 bits per heavy atom. The van der Waals surface area contributed by atoms with Gasteiger partial charge in [-0.2, -0.15) is 0 Å². The molecule has 0 spiro atoms. The molecular formula is C28H38O. The first-order chi connectivity index (χ1) is 14.2. The molecule has 2 aromatic carbocycles. The van der Waals surface area contributed by atoms with Crippen molar-refractivity contribution in [1.29, 1.82) is 0 Å². The van der Waals surface area contributed by atoms with Crippen molar-refractivity contribution in [2.45, 2.75) is 77.2 Å². The Balaban J connectivity index is 1.51. The average molecular weight is 391 g/mol. The molecule has 0 bridgehead atoms.